The molecule has 180 valence electrons. The Hall–Kier alpha value is -3.59. The minimum Gasteiger partial charge on any atom is -0.493 e. The molecule has 0 spiro atoms. The number of nitrogens with one attached hydrogen (secondary N) is 1. The van der Waals surface area contributed by atoms with Crippen molar-refractivity contribution >= 4 is 21.6 Å². The molecule has 0 heterocycles. The summed E-state index contributed by atoms with van der Waals surface area (Å²) in [6.45, 7) is 1.89. The van der Waals surface area contributed by atoms with Crippen molar-refractivity contribution in [3.63, 3.8) is 0 Å². The second-order valence-corrected chi connectivity index (χ2v) is 9.66. The Balaban J connectivity index is 1.75. The predicted molar refractivity (Wildman–Crippen MR) is 129 cm³/mol. The average Bonchev–Trinajstić information content (AvgIpc) is 2.82. The summed E-state index contributed by atoms with van der Waals surface area (Å²) in [6, 6.07) is 17.0. The summed E-state index contributed by atoms with van der Waals surface area (Å²) in [5.41, 5.74) is 2.25. The minimum atomic E-state index is -3.61. The lowest BCUT2D eigenvalue weighted by Crippen LogP contribution is -2.29. The molecule has 3 aromatic carbocycles. The van der Waals surface area contributed by atoms with Gasteiger partial charge in [0.05, 0.1) is 38.7 Å². The molecule has 34 heavy (non-hydrogen) atoms. The van der Waals surface area contributed by atoms with Crippen molar-refractivity contribution in [1.82, 2.24) is 5.32 Å². The molecule has 0 aliphatic heterocycles. The number of sulfonamides is 1. The number of ether oxygens (including phenoxy) is 2. The highest BCUT2D eigenvalue weighted by Crippen LogP contribution is 2.30. The van der Waals surface area contributed by atoms with Crippen LogP contribution in [0.5, 0.6) is 11.5 Å². The maximum atomic E-state index is 13.2. The lowest BCUT2D eigenvalue weighted by atomic mass is 10.1. The topological polar surface area (TPSA) is 84.9 Å². The van der Waals surface area contributed by atoms with E-state index in [2.05, 4.69) is 5.32 Å². The van der Waals surface area contributed by atoms with Crippen molar-refractivity contribution in [3.8, 4) is 11.5 Å². The van der Waals surface area contributed by atoms with E-state index in [1.165, 1.54) is 28.6 Å². The number of amides is 1. The number of benzene rings is 3. The van der Waals surface area contributed by atoms with Gasteiger partial charge in [0.1, 0.15) is 5.82 Å². The molecule has 0 bridgehead atoms. The summed E-state index contributed by atoms with van der Waals surface area (Å²) < 4.78 is 49.7. The molecule has 0 aliphatic rings. The number of carbonyl (C=O) groups excluding carboxylic acids is 1. The van der Waals surface area contributed by atoms with Crippen molar-refractivity contribution in [2.45, 2.75) is 19.5 Å². The van der Waals surface area contributed by atoms with Gasteiger partial charge in [0.15, 0.2) is 11.5 Å². The number of nitrogens with zero attached hydrogens (tertiary/aromatic N) is 1. The van der Waals surface area contributed by atoms with Gasteiger partial charge in [-0.05, 0) is 66.6 Å². The van der Waals surface area contributed by atoms with E-state index in [0.717, 1.165) is 11.8 Å². The first-order chi connectivity index (χ1) is 16.1. The highest BCUT2D eigenvalue weighted by Gasteiger charge is 2.19. The van der Waals surface area contributed by atoms with E-state index in [-0.39, 0.29) is 18.5 Å². The molecule has 7 nitrogen and oxygen atoms in total. The summed E-state index contributed by atoms with van der Waals surface area (Å²) in [4.78, 5) is 12.8. The van der Waals surface area contributed by atoms with E-state index in [1.807, 2.05) is 13.0 Å². The van der Waals surface area contributed by atoms with Gasteiger partial charge in [0.25, 0.3) is 5.91 Å². The number of methoxy groups -OCH3 is 2. The molecule has 0 unspecified atom stereocenters. The van der Waals surface area contributed by atoms with E-state index < -0.39 is 15.8 Å². The fraction of sp³-hybridized carbons (Fsp3) is 0.240. The predicted octanol–water partition coefficient (Wildman–Crippen LogP) is 4.30. The second kappa shape index (κ2) is 10.6. The lowest BCUT2D eigenvalue weighted by Gasteiger charge is -2.23. The third-order valence-electron chi connectivity index (χ3n) is 5.31. The Bertz CT molecular complexity index is 1250. The zero-order chi connectivity index (χ0) is 24.9. The average molecular weight is 487 g/mol. The third-order valence-corrected chi connectivity index (χ3v) is 6.45. The largest absolute Gasteiger partial charge is 0.493 e. The Labute approximate surface area is 199 Å². The van der Waals surface area contributed by atoms with Crippen LogP contribution in [0.3, 0.4) is 0 Å². The highest BCUT2D eigenvalue weighted by atomic mass is 32.2. The molecule has 0 aliphatic carbocycles. The summed E-state index contributed by atoms with van der Waals surface area (Å²) in [5, 5.41) is 2.92. The van der Waals surface area contributed by atoms with E-state index in [9.17, 15) is 17.6 Å². The van der Waals surface area contributed by atoms with Gasteiger partial charge < -0.3 is 14.8 Å². The quantitative estimate of drug-likeness (QED) is 0.488. The van der Waals surface area contributed by atoms with Crippen LogP contribution >= 0.6 is 0 Å². The van der Waals surface area contributed by atoms with Crippen LogP contribution < -0.4 is 19.1 Å². The molecule has 0 radical (unpaired) electrons. The first kappa shape index (κ1) is 25.0. The molecule has 1 amide bonds. The Morgan fingerprint density at radius 3 is 2.15 bits per heavy atom. The zero-order valence-corrected chi connectivity index (χ0v) is 20.2. The van der Waals surface area contributed by atoms with Gasteiger partial charge in [-0.2, -0.15) is 0 Å². The lowest BCUT2D eigenvalue weighted by molar-refractivity contribution is 0.0940. The van der Waals surface area contributed by atoms with Crippen molar-refractivity contribution in [2.75, 3.05) is 24.8 Å². The molecule has 1 atom stereocenters. The molecule has 0 fully saturated rings. The van der Waals surface area contributed by atoms with Gasteiger partial charge in [-0.15, -0.1) is 0 Å². The van der Waals surface area contributed by atoms with Gasteiger partial charge in [0.2, 0.25) is 10.0 Å². The number of halogens is 1. The normalized spacial score (nSPS) is 12.0. The van der Waals surface area contributed by atoms with E-state index in [1.54, 1.807) is 50.6 Å². The SMILES string of the molecule is COc1ccc([C@H](C)NC(=O)c2ccc(N(Cc3ccc(F)cc3)S(C)(=O)=O)cc2)cc1OC. The Morgan fingerprint density at radius 2 is 1.59 bits per heavy atom. The molecular formula is C25H27FN2O5S. The van der Waals surface area contributed by atoms with Crippen molar-refractivity contribution < 1.29 is 27.1 Å². The first-order valence-corrected chi connectivity index (χ1v) is 12.3. The van der Waals surface area contributed by atoms with Crippen LogP contribution in [-0.4, -0.2) is 34.8 Å². The summed E-state index contributed by atoms with van der Waals surface area (Å²) >= 11 is 0. The number of anilines is 1. The van der Waals surface area contributed by atoms with Crippen LogP contribution in [-0.2, 0) is 16.6 Å². The number of hydrogen-bond acceptors (Lipinski definition) is 5. The summed E-state index contributed by atoms with van der Waals surface area (Å²) in [7, 11) is -0.513. The van der Waals surface area contributed by atoms with Crippen LogP contribution in [0.4, 0.5) is 10.1 Å². The van der Waals surface area contributed by atoms with E-state index >= 15 is 0 Å². The van der Waals surface area contributed by atoms with Crippen molar-refractivity contribution in [3.05, 3.63) is 89.2 Å². The van der Waals surface area contributed by atoms with Crippen LogP contribution in [0.15, 0.2) is 66.7 Å². The summed E-state index contributed by atoms with van der Waals surface area (Å²) in [6.07, 6.45) is 1.10. The van der Waals surface area contributed by atoms with Gasteiger partial charge in [0, 0.05) is 5.56 Å². The smallest absolute Gasteiger partial charge is 0.251 e. The molecule has 0 aromatic heterocycles. The zero-order valence-electron chi connectivity index (χ0n) is 19.4. The molecule has 9 heteroatoms. The molecule has 0 saturated carbocycles. The Morgan fingerprint density at radius 1 is 0.971 bits per heavy atom. The van der Waals surface area contributed by atoms with Crippen LogP contribution in [0.1, 0.15) is 34.5 Å². The monoisotopic (exact) mass is 486 g/mol. The fourth-order valence-electron chi connectivity index (χ4n) is 3.42. The van der Waals surface area contributed by atoms with Crippen LogP contribution in [0, 0.1) is 5.82 Å². The van der Waals surface area contributed by atoms with E-state index in [0.29, 0.717) is 28.3 Å². The molecule has 3 rings (SSSR count). The van der Waals surface area contributed by atoms with Crippen molar-refractivity contribution in [1.29, 1.82) is 0 Å². The molecule has 1 N–H and O–H groups in total. The van der Waals surface area contributed by atoms with Gasteiger partial charge >= 0.3 is 0 Å². The Kier molecular flexibility index (Phi) is 7.78. The molecule has 3 aromatic rings. The van der Waals surface area contributed by atoms with Crippen molar-refractivity contribution in [2.24, 2.45) is 0 Å². The molecule has 0 saturated heterocycles. The number of carbonyl (C=O) groups is 1. The highest BCUT2D eigenvalue weighted by molar-refractivity contribution is 7.92. The van der Waals surface area contributed by atoms with Crippen LogP contribution in [0.25, 0.3) is 0 Å². The van der Waals surface area contributed by atoms with Gasteiger partial charge in [-0.3, -0.25) is 9.10 Å². The fourth-order valence-corrected chi connectivity index (χ4v) is 4.31. The maximum Gasteiger partial charge on any atom is 0.251 e. The van der Waals surface area contributed by atoms with Crippen LogP contribution in [0.2, 0.25) is 0 Å². The first-order valence-electron chi connectivity index (χ1n) is 10.5. The van der Waals surface area contributed by atoms with E-state index in [4.69, 9.17) is 9.47 Å². The summed E-state index contributed by atoms with van der Waals surface area (Å²) in [5.74, 6) is 0.453. The standard InChI is InChI=1S/C25H27FN2O5S/c1-17(20-9-14-23(32-2)24(15-20)33-3)27-25(29)19-7-12-22(13-8-19)28(34(4,30)31)16-18-5-10-21(26)11-6-18/h5-15,17H,16H2,1-4H3,(H,27,29)/t17-/m0/s1. The maximum absolute atomic E-state index is 13.2. The third kappa shape index (κ3) is 6.05. The second-order valence-electron chi connectivity index (χ2n) is 7.75. The number of hydrogen-bond donors (Lipinski definition) is 1. The minimum absolute atomic E-state index is 0.0427. The van der Waals surface area contributed by atoms with Gasteiger partial charge in [-0.25, -0.2) is 12.8 Å². The molecular weight excluding hydrogens is 459 g/mol. The van der Waals surface area contributed by atoms with Gasteiger partial charge in [-0.1, -0.05) is 18.2 Å². The number of rotatable bonds is 9.